The molecule has 5 rings (SSSR count). The van der Waals surface area contributed by atoms with Gasteiger partial charge in [-0.25, -0.2) is 9.96 Å². The van der Waals surface area contributed by atoms with Gasteiger partial charge in [0.2, 0.25) is 5.91 Å². The highest BCUT2D eigenvalue weighted by molar-refractivity contribution is 6.31. The number of imide groups is 1. The molecular formula is C25H22ClN3O3. The number of hydroxylamine groups is 1. The number of carbonyl (C=O) groups is 2. The van der Waals surface area contributed by atoms with Gasteiger partial charge < -0.3 is 4.90 Å². The lowest BCUT2D eigenvalue weighted by Crippen LogP contribution is -2.37. The Labute approximate surface area is 191 Å². The molecule has 2 aliphatic heterocycles. The van der Waals surface area contributed by atoms with E-state index < -0.39 is 18.1 Å². The summed E-state index contributed by atoms with van der Waals surface area (Å²) >= 11 is 5.99. The summed E-state index contributed by atoms with van der Waals surface area (Å²) in [6, 6.07) is 23.8. The molecule has 2 saturated heterocycles. The minimum atomic E-state index is -0.892. The lowest BCUT2D eigenvalue weighted by atomic mass is 9.90. The fraction of sp³-hybridized carbons (Fsp3) is 0.200. The maximum Gasteiger partial charge on any atom is 0.266 e. The van der Waals surface area contributed by atoms with Gasteiger partial charge in [-0.2, -0.15) is 0 Å². The van der Waals surface area contributed by atoms with E-state index in [-0.39, 0.29) is 11.8 Å². The van der Waals surface area contributed by atoms with Crippen molar-refractivity contribution in [3.05, 3.63) is 89.4 Å². The zero-order valence-corrected chi connectivity index (χ0v) is 18.4. The normalized spacial score (nSPS) is 22.4. The van der Waals surface area contributed by atoms with E-state index in [1.165, 1.54) is 4.90 Å². The van der Waals surface area contributed by atoms with Gasteiger partial charge in [0, 0.05) is 24.8 Å². The standard InChI is InChI=1S/C25H22ClN3O3/c1-27(2)18-12-8-16(9-13-18)22-21-23(32-29(22)20-6-4-3-5-7-20)25(31)28(24(21)30)19-14-10-17(26)11-15-19/h3-15,21-23H,1-2H3/t21-,22-,23+/m0/s1. The van der Waals surface area contributed by atoms with Crippen molar-refractivity contribution in [3.8, 4) is 0 Å². The highest BCUT2D eigenvalue weighted by Crippen LogP contribution is 2.47. The number of nitrogens with zero attached hydrogens (tertiary/aromatic N) is 3. The van der Waals surface area contributed by atoms with Crippen LogP contribution in [-0.4, -0.2) is 32.0 Å². The Morgan fingerprint density at radius 3 is 2.09 bits per heavy atom. The highest BCUT2D eigenvalue weighted by Gasteiger charge is 2.60. The summed E-state index contributed by atoms with van der Waals surface area (Å²) < 4.78 is 0. The molecule has 3 atom stereocenters. The maximum atomic E-state index is 13.6. The van der Waals surface area contributed by atoms with Crippen LogP contribution in [0.15, 0.2) is 78.9 Å². The number of halogens is 1. The number of amides is 2. The van der Waals surface area contributed by atoms with Crippen LogP contribution in [0, 0.1) is 5.92 Å². The summed E-state index contributed by atoms with van der Waals surface area (Å²) in [4.78, 5) is 36.3. The van der Waals surface area contributed by atoms with Gasteiger partial charge in [-0.3, -0.25) is 14.4 Å². The van der Waals surface area contributed by atoms with Crippen LogP contribution in [0.3, 0.4) is 0 Å². The molecule has 0 aromatic heterocycles. The molecule has 0 bridgehead atoms. The van der Waals surface area contributed by atoms with E-state index in [1.54, 1.807) is 29.3 Å². The van der Waals surface area contributed by atoms with E-state index in [0.29, 0.717) is 10.7 Å². The summed E-state index contributed by atoms with van der Waals surface area (Å²) in [5, 5.41) is 2.24. The number of fused-ring (bicyclic) bond motifs is 1. The molecule has 2 heterocycles. The van der Waals surface area contributed by atoms with Gasteiger partial charge in [0.05, 0.1) is 17.4 Å². The van der Waals surface area contributed by atoms with E-state index in [1.807, 2.05) is 73.6 Å². The number of hydrogen-bond donors (Lipinski definition) is 0. The third-order valence-corrected chi connectivity index (χ3v) is 6.21. The van der Waals surface area contributed by atoms with Crippen LogP contribution in [0.2, 0.25) is 5.02 Å². The molecule has 3 aromatic rings. The van der Waals surface area contributed by atoms with Crippen molar-refractivity contribution >= 4 is 40.5 Å². The highest BCUT2D eigenvalue weighted by atomic mass is 35.5. The van der Waals surface area contributed by atoms with Gasteiger partial charge >= 0.3 is 0 Å². The fourth-order valence-corrected chi connectivity index (χ4v) is 4.49. The molecule has 2 amide bonds. The monoisotopic (exact) mass is 447 g/mol. The predicted octanol–water partition coefficient (Wildman–Crippen LogP) is 4.46. The van der Waals surface area contributed by atoms with Gasteiger partial charge in [-0.05, 0) is 54.1 Å². The summed E-state index contributed by atoms with van der Waals surface area (Å²) in [5.74, 6) is -1.30. The summed E-state index contributed by atoms with van der Waals surface area (Å²) in [7, 11) is 3.95. The van der Waals surface area contributed by atoms with E-state index in [0.717, 1.165) is 16.9 Å². The Kier molecular flexibility index (Phi) is 5.12. The smallest absolute Gasteiger partial charge is 0.266 e. The van der Waals surface area contributed by atoms with Gasteiger partial charge in [-0.15, -0.1) is 0 Å². The zero-order valence-electron chi connectivity index (χ0n) is 17.7. The first-order chi connectivity index (χ1) is 15.5. The molecule has 0 radical (unpaired) electrons. The van der Waals surface area contributed by atoms with Crippen LogP contribution in [0.4, 0.5) is 17.1 Å². The zero-order chi connectivity index (χ0) is 22.4. The van der Waals surface area contributed by atoms with Crippen LogP contribution in [0.1, 0.15) is 11.6 Å². The van der Waals surface area contributed by atoms with Crippen LogP contribution in [0.5, 0.6) is 0 Å². The molecule has 3 aromatic carbocycles. The second-order valence-corrected chi connectivity index (χ2v) is 8.57. The molecule has 0 spiro atoms. The van der Waals surface area contributed by atoms with Gasteiger partial charge in [-0.1, -0.05) is 41.9 Å². The lowest BCUT2D eigenvalue weighted by Gasteiger charge is -2.29. The Morgan fingerprint density at radius 2 is 1.47 bits per heavy atom. The first-order valence-corrected chi connectivity index (χ1v) is 10.8. The maximum absolute atomic E-state index is 13.6. The van der Waals surface area contributed by atoms with Crippen molar-refractivity contribution in [1.82, 2.24) is 0 Å². The van der Waals surface area contributed by atoms with Crippen LogP contribution >= 0.6 is 11.6 Å². The predicted molar refractivity (Wildman–Crippen MR) is 125 cm³/mol. The number of carbonyl (C=O) groups excluding carboxylic acids is 2. The van der Waals surface area contributed by atoms with Crippen LogP contribution < -0.4 is 14.9 Å². The quantitative estimate of drug-likeness (QED) is 0.553. The topological polar surface area (TPSA) is 53.1 Å². The van der Waals surface area contributed by atoms with E-state index in [2.05, 4.69) is 0 Å². The molecule has 7 heteroatoms. The Balaban J connectivity index is 1.56. The molecule has 6 nitrogen and oxygen atoms in total. The number of benzene rings is 3. The Bertz CT molecular complexity index is 1150. The van der Waals surface area contributed by atoms with Crippen molar-refractivity contribution in [2.45, 2.75) is 12.1 Å². The first kappa shape index (κ1) is 20.5. The number of rotatable bonds is 4. The van der Waals surface area contributed by atoms with Crippen molar-refractivity contribution < 1.29 is 14.4 Å². The molecule has 162 valence electrons. The van der Waals surface area contributed by atoms with Crippen LogP contribution in [-0.2, 0) is 14.4 Å². The first-order valence-electron chi connectivity index (χ1n) is 10.4. The lowest BCUT2D eigenvalue weighted by molar-refractivity contribution is -0.126. The molecule has 2 aliphatic rings. The van der Waals surface area contributed by atoms with E-state index in [4.69, 9.17) is 16.4 Å². The van der Waals surface area contributed by atoms with Crippen LogP contribution in [0.25, 0.3) is 0 Å². The Hall–Kier alpha value is -3.35. The van der Waals surface area contributed by atoms with Gasteiger partial charge in [0.25, 0.3) is 5.91 Å². The van der Waals surface area contributed by atoms with Gasteiger partial charge in [0.15, 0.2) is 6.10 Å². The average Bonchev–Trinajstić information content (AvgIpc) is 3.31. The second kappa shape index (κ2) is 7.97. The molecule has 2 fully saturated rings. The van der Waals surface area contributed by atoms with Crippen molar-refractivity contribution in [1.29, 1.82) is 0 Å². The molecule has 0 N–H and O–H groups in total. The van der Waals surface area contributed by atoms with Crippen molar-refractivity contribution in [3.63, 3.8) is 0 Å². The van der Waals surface area contributed by atoms with E-state index >= 15 is 0 Å². The van der Waals surface area contributed by atoms with Gasteiger partial charge in [0.1, 0.15) is 5.92 Å². The third kappa shape index (κ3) is 3.32. The molecule has 32 heavy (non-hydrogen) atoms. The molecule has 0 unspecified atom stereocenters. The minimum absolute atomic E-state index is 0.276. The fourth-order valence-electron chi connectivity index (χ4n) is 4.37. The summed E-state index contributed by atoms with van der Waals surface area (Å²) in [6.07, 6.45) is -0.892. The third-order valence-electron chi connectivity index (χ3n) is 5.96. The average molecular weight is 448 g/mol. The number of para-hydroxylation sites is 1. The minimum Gasteiger partial charge on any atom is -0.378 e. The van der Waals surface area contributed by atoms with Crippen molar-refractivity contribution in [2.24, 2.45) is 5.92 Å². The molecule has 0 aliphatic carbocycles. The summed E-state index contributed by atoms with van der Waals surface area (Å²) in [6.45, 7) is 0. The largest absolute Gasteiger partial charge is 0.378 e. The molecule has 0 saturated carbocycles. The second-order valence-electron chi connectivity index (χ2n) is 8.13. The summed E-state index contributed by atoms with van der Waals surface area (Å²) in [5.41, 5.74) is 3.25. The Morgan fingerprint density at radius 1 is 0.812 bits per heavy atom. The molecular weight excluding hydrogens is 426 g/mol. The number of hydrogen-bond acceptors (Lipinski definition) is 5. The SMILES string of the molecule is CN(C)c1ccc([C@H]2[C@@H]3C(=O)N(c4ccc(Cl)cc4)C(=O)[C@@H]3ON2c2ccccc2)cc1. The number of anilines is 3. The van der Waals surface area contributed by atoms with Crippen molar-refractivity contribution in [2.75, 3.05) is 29.0 Å². The van der Waals surface area contributed by atoms with E-state index in [9.17, 15) is 9.59 Å².